The third kappa shape index (κ3) is 5.66. The first-order valence-corrected chi connectivity index (χ1v) is 14.0. The van der Waals surface area contributed by atoms with Gasteiger partial charge in [0.2, 0.25) is 0 Å². The number of halogens is 3. The number of carbonyl (C=O) groups excluding carboxylic acids is 1. The van der Waals surface area contributed by atoms with Crippen molar-refractivity contribution in [3.63, 3.8) is 0 Å². The first-order chi connectivity index (χ1) is 17.2. The maximum Gasteiger partial charge on any atom is 0.304 e. The third-order valence-corrected chi connectivity index (χ3v) is 8.74. The summed E-state index contributed by atoms with van der Waals surface area (Å²) in [5.74, 6) is -1.64. The molecule has 0 aromatic heterocycles. The first kappa shape index (κ1) is 25.4. The first-order valence-electron chi connectivity index (χ1n) is 12.2. The predicted octanol–water partition coefficient (Wildman–Crippen LogP) is 4.22. The van der Waals surface area contributed by atoms with Gasteiger partial charge in [0.05, 0.1) is 5.56 Å². The van der Waals surface area contributed by atoms with Gasteiger partial charge in [0.15, 0.2) is 0 Å². The Morgan fingerprint density at radius 1 is 1.08 bits per heavy atom. The van der Waals surface area contributed by atoms with Crippen LogP contribution in [0.25, 0.3) is 0 Å². The molecule has 194 valence electrons. The number of nitrogens with zero attached hydrogens (tertiary/aromatic N) is 2. The van der Waals surface area contributed by atoms with E-state index in [9.17, 15) is 17.6 Å². The van der Waals surface area contributed by atoms with Crippen molar-refractivity contribution in [2.24, 2.45) is 0 Å². The summed E-state index contributed by atoms with van der Waals surface area (Å²) in [4.78, 5) is 14.8. The lowest BCUT2D eigenvalue weighted by molar-refractivity contribution is 0.0832. The van der Waals surface area contributed by atoms with Gasteiger partial charge < -0.3 is 4.74 Å². The molecule has 2 aromatic rings. The molecule has 1 N–H and O–H groups in total. The van der Waals surface area contributed by atoms with Crippen LogP contribution in [0.3, 0.4) is 0 Å². The molecule has 0 unspecified atom stereocenters. The second-order valence-electron chi connectivity index (χ2n) is 9.69. The molecule has 7 nitrogen and oxygen atoms in total. The Labute approximate surface area is 214 Å². The molecule has 2 aromatic carbocycles. The summed E-state index contributed by atoms with van der Waals surface area (Å²) in [6.07, 6.45) is 4.00. The van der Waals surface area contributed by atoms with E-state index < -0.39 is 21.9 Å². The van der Waals surface area contributed by atoms with Crippen LogP contribution in [0, 0.1) is 11.6 Å². The van der Waals surface area contributed by atoms with E-state index in [1.807, 2.05) is 4.72 Å². The topological polar surface area (TPSA) is 79.0 Å². The average molecular weight is 540 g/mol. The number of hydrogen-bond donors (Lipinski definition) is 1. The number of likely N-dealkylation sites (tertiary alicyclic amines) is 1. The SMILES string of the molecule is O=C(NS(=O)(=O)N1CCC1)c1cc(C2CC2)c(O[C@H]2CCCN(Cc3ccc(F)cc3Cl)C2)cc1F. The fourth-order valence-corrected chi connectivity index (χ4v) is 6.09. The molecule has 2 aliphatic heterocycles. The van der Waals surface area contributed by atoms with Crippen LogP contribution >= 0.6 is 11.6 Å². The minimum atomic E-state index is -3.98. The lowest BCUT2D eigenvalue weighted by atomic mass is 10.0. The third-order valence-electron chi connectivity index (χ3n) is 6.90. The van der Waals surface area contributed by atoms with E-state index in [2.05, 4.69) is 4.90 Å². The highest BCUT2D eigenvalue weighted by molar-refractivity contribution is 7.87. The Morgan fingerprint density at radius 2 is 1.86 bits per heavy atom. The molecule has 11 heteroatoms. The van der Waals surface area contributed by atoms with Crippen molar-refractivity contribution in [3.8, 4) is 5.75 Å². The molecule has 3 aliphatic rings. The molecule has 5 rings (SSSR count). The number of ether oxygens (including phenoxy) is 1. The van der Waals surface area contributed by atoms with Crippen LogP contribution in [0.2, 0.25) is 5.02 Å². The van der Waals surface area contributed by atoms with Crippen LogP contribution in [-0.4, -0.2) is 55.8 Å². The van der Waals surface area contributed by atoms with E-state index in [0.29, 0.717) is 37.0 Å². The maximum atomic E-state index is 15.0. The van der Waals surface area contributed by atoms with Crippen molar-refractivity contribution in [1.29, 1.82) is 0 Å². The van der Waals surface area contributed by atoms with Gasteiger partial charge >= 0.3 is 10.2 Å². The Hall–Kier alpha value is -2.27. The zero-order valence-electron chi connectivity index (χ0n) is 19.7. The zero-order valence-corrected chi connectivity index (χ0v) is 21.3. The maximum absolute atomic E-state index is 15.0. The number of piperidine rings is 1. The van der Waals surface area contributed by atoms with Crippen LogP contribution in [0.4, 0.5) is 8.78 Å². The van der Waals surface area contributed by atoms with Crippen molar-refractivity contribution in [1.82, 2.24) is 13.9 Å². The van der Waals surface area contributed by atoms with E-state index in [1.54, 1.807) is 6.07 Å². The van der Waals surface area contributed by atoms with Gasteiger partial charge in [-0.1, -0.05) is 17.7 Å². The highest BCUT2D eigenvalue weighted by atomic mass is 35.5. The number of nitrogens with one attached hydrogen (secondary N) is 1. The second-order valence-corrected chi connectivity index (χ2v) is 11.8. The lowest BCUT2D eigenvalue weighted by Gasteiger charge is -2.33. The van der Waals surface area contributed by atoms with Crippen molar-refractivity contribution in [2.75, 3.05) is 26.2 Å². The number of amides is 1. The summed E-state index contributed by atoms with van der Waals surface area (Å²) in [7, 11) is -3.98. The monoisotopic (exact) mass is 539 g/mol. The largest absolute Gasteiger partial charge is 0.489 e. The molecule has 2 saturated heterocycles. The van der Waals surface area contributed by atoms with E-state index in [1.165, 1.54) is 24.3 Å². The smallest absolute Gasteiger partial charge is 0.304 e. The van der Waals surface area contributed by atoms with Crippen molar-refractivity contribution in [3.05, 3.63) is 63.7 Å². The molecule has 0 bridgehead atoms. The Balaban J connectivity index is 1.30. The molecular weight excluding hydrogens is 512 g/mol. The van der Waals surface area contributed by atoms with E-state index >= 15 is 4.39 Å². The van der Waals surface area contributed by atoms with Gasteiger partial charge in [-0.2, -0.15) is 12.7 Å². The Kier molecular flexibility index (Phi) is 7.22. The average Bonchev–Trinajstić information content (AvgIpc) is 3.59. The van der Waals surface area contributed by atoms with Crippen molar-refractivity contribution >= 4 is 27.7 Å². The molecule has 3 fully saturated rings. The molecule has 1 atom stereocenters. The highest BCUT2D eigenvalue weighted by Gasteiger charge is 2.33. The van der Waals surface area contributed by atoms with Gasteiger partial charge in [0.1, 0.15) is 23.5 Å². The molecular formula is C25H28ClF2N3O4S. The molecule has 36 heavy (non-hydrogen) atoms. The molecule has 1 saturated carbocycles. The standard InChI is InChI=1S/C25H28ClF2N3O4S/c26-22-11-18(27)7-6-17(22)14-30-8-1-3-19(15-30)35-24-13-23(28)21(12-20(24)16-4-5-16)25(32)29-36(33,34)31-9-2-10-31/h6-7,11-13,16,19H,1-5,8-10,14-15H2,(H,29,32)/t19-/m0/s1. The van der Waals surface area contributed by atoms with Crippen LogP contribution in [-0.2, 0) is 16.8 Å². The van der Waals surface area contributed by atoms with Gasteiger partial charge in [-0.25, -0.2) is 13.5 Å². The summed E-state index contributed by atoms with van der Waals surface area (Å²) in [6.45, 7) is 2.67. The van der Waals surface area contributed by atoms with E-state index in [4.69, 9.17) is 16.3 Å². The summed E-state index contributed by atoms with van der Waals surface area (Å²) in [5, 5.41) is 0.376. The molecule has 1 aliphatic carbocycles. The van der Waals surface area contributed by atoms with Gasteiger partial charge in [-0.3, -0.25) is 9.69 Å². The number of carbonyl (C=O) groups is 1. The van der Waals surface area contributed by atoms with Gasteiger partial charge in [-0.15, -0.1) is 0 Å². The summed E-state index contributed by atoms with van der Waals surface area (Å²) in [5.41, 5.74) is 1.25. The van der Waals surface area contributed by atoms with Gasteiger partial charge in [0, 0.05) is 37.3 Å². The second kappa shape index (κ2) is 10.2. The predicted molar refractivity (Wildman–Crippen MR) is 131 cm³/mol. The zero-order chi connectivity index (χ0) is 25.4. The quantitative estimate of drug-likeness (QED) is 0.543. The van der Waals surface area contributed by atoms with Gasteiger partial charge in [0.25, 0.3) is 5.91 Å². The van der Waals surface area contributed by atoms with Crippen molar-refractivity contribution < 1.29 is 26.7 Å². The van der Waals surface area contributed by atoms with E-state index in [0.717, 1.165) is 54.1 Å². The molecule has 0 spiro atoms. The van der Waals surface area contributed by atoms with E-state index in [-0.39, 0.29) is 23.4 Å². The molecule has 2 heterocycles. The van der Waals surface area contributed by atoms with Crippen LogP contribution in [0.1, 0.15) is 59.5 Å². The molecule has 0 radical (unpaired) electrons. The number of rotatable bonds is 8. The summed E-state index contributed by atoms with van der Waals surface area (Å²) >= 11 is 6.19. The summed E-state index contributed by atoms with van der Waals surface area (Å²) < 4.78 is 62.4. The number of hydrogen-bond acceptors (Lipinski definition) is 5. The molecule has 1 amide bonds. The normalized spacial score (nSPS) is 21.1. The van der Waals surface area contributed by atoms with Crippen LogP contribution in [0.15, 0.2) is 30.3 Å². The number of benzene rings is 2. The van der Waals surface area contributed by atoms with Crippen LogP contribution < -0.4 is 9.46 Å². The highest BCUT2D eigenvalue weighted by Crippen LogP contribution is 2.45. The van der Waals surface area contributed by atoms with Crippen LogP contribution in [0.5, 0.6) is 5.75 Å². The fourth-order valence-electron chi connectivity index (χ4n) is 4.65. The van der Waals surface area contributed by atoms with Gasteiger partial charge in [-0.05, 0) is 73.9 Å². The Bertz CT molecular complexity index is 1270. The minimum Gasteiger partial charge on any atom is -0.489 e. The summed E-state index contributed by atoms with van der Waals surface area (Å²) in [6, 6.07) is 6.99. The lowest BCUT2D eigenvalue weighted by Crippen LogP contribution is -2.49. The van der Waals surface area contributed by atoms with Crippen molar-refractivity contribution in [2.45, 2.75) is 50.7 Å². The fraction of sp³-hybridized carbons (Fsp3) is 0.480. The minimum absolute atomic E-state index is 0.150. The Morgan fingerprint density at radius 3 is 2.53 bits per heavy atom.